The number of piperazine rings is 1. The highest BCUT2D eigenvalue weighted by molar-refractivity contribution is 14.0. The number of guanidine groups is 1. The van der Waals surface area contributed by atoms with Crippen molar-refractivity contribution in [1.29, 1.82) is 0 Å². The highest BCUT2D eigenvalue weighted by atomic mass is 127. The summed E-state index contributed by atoms with van der Waals surface area (Å²) in [6.45, 7) is 7.33. The fourth-order valence-corrected chi connectivity index (χ4v) is 3.08. The second-order valence-electron chi connectivity index (χ2n) is 6.09. The average Bonchev–Trinajstić information content (AvgIpc) is 3.31. The number of nitrogens with one attached hydrogen (secondary N) is 1. The SMILES string of the molecule is CCNC(=NCC1CCCO1)N1CCN(C(=O)c2ccco2)CC1.I. The molecule has 1 unspecified atom stereocenters. The number of carbonyl (C=O) groups is 1. The van der Waals surface area contributed by atoms with Crippen molar-refractivity contribution in [3.8, 4) is 0 Å². The first-order valence-electron chi connectivity index (χ1n) is 8.75. The topological polar surface area (TPSA) is 70.3 Å². The summed E-state index contributed by atoms with van der Waals surface area (Å²) in [7, 11) is 0. The van der Waals surface area contributed by atoms with Gasteiger partial charge >= 0.3 is 0 Å². The Morgan fingerprint density at radius 3 is 2.68 bits per heavy atom. The van der Waals surface area contributed by atoms with Gasteiger partial charge < -0.3 is 24.3 Å². The van der Waals surface area contributed by atoms with E-state index < -0.39 is 0 Å². The number of rotatable bonds is 4. The molecule has 3 heterocycles. The lowest BCUT2D eigenvalue weighted by molar-refractivity contribution is 0.0657. The van der Waals surface area contributed by atoms with Gasteiger partial charge in [-0.15, -0.1) is 24.0 Å². The molecule has 8 heteroatoms. The van der Waals surface area contributed by atoms with E-state index in [9.17, 15) is 4.79 Å². The lowest BCUT2D eigenvalue weighted by atomic mass is 10.2. The summed E-state index contributed by atoms with van der Waals surface area (Å²) in [4.78, 5) is 21.1. The summed E-state index contributed by atoms with van der Waals surface area (Å²) in [5.74, 6) is 1.28. The van der Waals surface area contributed by atoms with E-state index in [1.54, 1.807) is 12.1 Å². The Morgan fingerprint density at radius 2 is 2.08 bits per heavy atom. The van der Waals surface area contributed by atoms with Crippen LogP contribution >= 0.6 is 24.0 Å². The van der Waals surface area contributed by atoms with Gasteiger partial charge in [0.15, 0.2) is 11.7 Å². The lowest BCUT2D eigenvalue weighted by Gasteiger charge is -2.36. The van der Waals surface area contributed by atoms with Crippen LogP contribution in [0, 0.1) is 0 Å². The molecule has 140 valence electrons. The van der Waals surface area contributed by atoms with Crippen LogP contribution in [0.2, 0.25) is 0 Å². The number of nitrogens with zero attached hydrogens (tertiary/aromatic N) is 3. The summed E-state index contributed by atoms with van der Waals surface area (Å²) in [5, 5.41) is 3.35. The average molecular weight is 462 g/mol. The normalized spacial score (nSPS) is 21.2. The van der Waals surface area contributed by atoms with Gasteiger partial charge in [0.2, 0.25) is 0 Å². The molecule has 0 spiro atoms. The van der Waals surface area contributed by atoms with Gasteiger partial charge in [0.05, 0.1) is 18.9 Å². The minimum Gasteiger partial charge on any atom is -0.459 e. The van der Waals surface area contributed by atoms with Crippen LogP contribution in [0.1, 0.15) is 30.3 Å². The second-order valence-corrected chi connectivity index (χ2v) is 6.09. The van der Waals surface area contributed by atoms with E-state index in [1.807, 2.05) is 4.90 Å². The van der Waals surface area contributed by atoms with Crippen LogP contribution in [0.25, 0.3) is 0 Å². The molecule has 7 nitrogen and oxygen atoms in total. The smallest absolute Gasteiger partial charge is 0.289 e. The van der Waals surface area contributed by atoms with E-state index in [2.05, 4.69) is 17.1 Å². The Morgan fingerprint density at radius 1 is 1.32 bits per heavy atom. The molecule has 0 radical (unpaired) electrons. The molecule has 2 saturated heterocycles. The third-order valence-electron chi connectivity index (χ3n) is 4.40. The Kier molecular flexibility index (Phi) is 8.01. The Bertz CT molecular complexity index is 550. The molecule has 0 saturated carbocycles. The quantitative estimate of drug-likeness (QED) is 0.420. The predicted octanol–water partition coefficient (Wildman–Crippen LogP) is 1.80. The predicted molar refractivity (Wildman–Crippen MR) is 107 cm³/mol. The van der Waals surface area contributed by atoms with Gasteiger partial charge in [-0.2, -0.15) is 0 Å². The van der Waals surface area contributed by atoms with Crippen molar-refractivity contribution in [1.82, 2.24) is 15.1 Å². The van der Waals surface area contributed by atoms with Crippen LogP contribution in [-0.2, 0) is 4.74 Å². The number of halogens is 1. The Balaban J connectivity index is 0.00000225. The number of furan rings is 1. The number of amides is 1. The molecule has 0 aromatic carbocycles. The number of aliphatic imine (C=N–C) groups is 1. The third kappa shape index (κ3) is 5.34. The fraction of sp³-hybridized carbons (Fsp3) is 0.647. The first-order chi connectivity index (χ1) is 11.8. The van der Waals surface area contributed by atoms with Gasteiger partial charge in [-0.25, -0.2) is 0 Å². The number of carbonyl (C=O) groups excluding carboxylic acids is 1. The van der Waals surface area contributed by atoms with Crippen LogP contribution in [-0.4, -0.2) is 73.6 Å². The van der Waals surface area contributed by atoms with Crippen molar-refractivity contribution in [3.63, 3.8) is 0 Å². The monoisotopic (exact) mass is 462 g/mol. The molecule has 25 heavy (non-hydrogen) atoms. The van der Waals surface area contributed by atoms with Crippen LogP contribution in [0.3, 0.4) is 0 Å². The number of hydrogen-bond acceptors (Lipinski definition) is 4. The van der Waals surface area contributed by atoms with Gasteiger partial charge in [0.25, 0.3) is 5.91 Å². The maximum absolute atomic E-state index is 12.3. The van der Waals surface area contributed by atoms with Crippen molar-refractivity contribution in [3.05, 3.63) is 24.2 Å². The van der Waals surface area contributed by atoms with E-state index in [0.29, 0.717) is 25.4 Å². The molecule has 1 atom stereocenters. The Hall–Kier alpha value is -1.29. The maximum Gasteiger partial charge on any atom is 0.289 e. The van der Waals surface area contributed by atoms with E-state index in [1.165, 1.54) is 6.26 Å². The molecule has 1 aromatic rings. The van der Waals surface area contributed by atoms with Gasteiger partial charge in [0.1, 0.15) is 0 Å². The first-order valence-corrected chi connectivity index (χ1v) is 8.75. The standard InChI is InChI=1S/C17H26N4O3.HI/c1-2-18-17(19-13-14-5-3-11-23-14)21-9-7-20(8-10-21)16(22)15-6-4-12-24-15;/h4,6,12,14H,2-3,5,7-11,13H2,1H3,(H,18,19);1H. The van der Waals surface area contributed by atoms with Crippen molar-refractivity contribution >= 4 is 35.8 Å². The molecule has 2 aliphatic heterocycles. The number of hydrogen-bond donors (Lipinski definition) is 1. The van der Waals surface area contributed by atoms with Gasteiger partial charge in [-0.05, 0) is 31.9 Å². The molecular weight excluding hydrogens is 435 g/mol. The summed E-state index contributed by atoms with van der Waals surface area (Å²) >= 11 is 0. The summed E-state index contributed by atoms with van der Waals surface area (Å²) in [5.41, 5.74) is 0. The molecule has 3 rings (SSSR count). The summed E-state index contributed by atoms with van der Waals surface area (Å²) < 4.78 is 10.8. The van der Waals surface area contributed by atoms with E-state index in [-0.39, 0.29) is 36.0 Å². The maximum atomic E-state index is 12.3. The first kappa shape index (κ1) is 20.0. The van der Waals surface area contributed by atoms with Crippen molar-refractivity contribution < 1.29 is 13.9 Å². The summed E-state index contributed by atoms with van der Waals surface area (Å²) in [6.07, 6.45) is 4.00. The molecule has 1 aromatic heterocycles. The van der Waals surface area contributed by atoms with E-state index in [4.69, 9.17) is 14.1 Å². The van der Waals surface area contributed by atoms with Crippen LogP contribution in [0.4, 0.5) is 0 Å². The largest absolute Gasteiger partial charge is 0.459 e. The van der Waals surface area contributed by atoms with Crippen LogP contribution in [0.5, 0.6) is 0 Å². The summed E-state index contributed by atoms with van der Waals surface area (Å²) in [6, 6.07) is 3.45. The molecule has 2 fully saturated rings. The van der Waals surface area contributed by atoms with Crippen LogP contribution < -0.4 is 5.32 Å². The van der Waals surface area contributed by atoms with Gasteiger partial charge in [0, 0.05) is 39.3 Å². The molecule has 1 N–H and O–H groups in total. The van der Waals surface area contributed by atoms with E-state index >= 15 is 0 Å². The van der Waals surface area contributed by atoms with Crippen molar-refractivity contribution in [2.75, 3.05) is 45.9 Å². The molecule has 1 amide bonds. The van der Waals surface area contributed by atoms with Crippen LogP contribution in [0.15, 0.2) is 27.8 Å². The Labute approximate surface area is 165 Å². The van der Waals surface area contributed by atoms with Gasteiger partial charge in [-0.3, -0.25) is 9.79 Å². The lowest BCUT2D eigenvalue weighted by Crippen LogP contribution is -2.53. The molecule has 0 aliphatic carbocycles. The molecule has 0 bridgehead atoms. The van der Waals surface area contributed by atoms with Crippen molar-refractivity contribution in [2.45, 2.75) is 25.9 Å². The highest BCUT2D eigenvalue weighted by Gasteiger charge is 2.25. The zero-order chi connectivity index (χ0) is 16.8. The van der Waals surface area contributed by atoms with E-state index in [0.717, 1.165) is 45.0 Å². The van der Waals surface area contributed by atoms with Crippen molar-refractivity contribution in [2.24, 2.45) is 4.99 Å². The number of ether oxygens (including phenoxy) is 1. The zero-order valence-corrected chi connectivity index (χ0v) is 17.0. The highest BCUT2D eigenvalue weighted by Crippen LogP contribution is 2.13. The van der Waals surface area contributed by atoms with Gasteiger partial charge in [-0.1, -0.05) is 0 Å². The molecular formula is C17H27IN4O3. The molecule has 2 aliphatic rings. The minimum atomic E-state index is -0.0408. The zero-order valence-electron chi connectivity index (χ0n) is 14.6. The minimum absolute atomic E-state index is 0. The second kappa shape index (κ2) is 10.0. The third-order valence-corrected chi connectivity index (χ3v) is 4.40. The fourth-order valence-electron chi connectivity index (χ4n) is 3.08.